The van der Waals surface area contributed by atoms with Crippen molar-refractivity contribution < 1.29 is 53.5 Å². The summed E-state index contributed by atoms with van der Waals surface area (Å²) in [7, 11) is 1.60. The van der Waals surface area contributed by atoms with E-state index in [1.807, 2.05) is 37.3 Å². The highest BCUT2D eigenvalue weighted by molar-refractivity contribution is 6.27. The predicted octanol–water partition coefficient (Wildman–Crippen LogP) is 1.29. The molecule has 1 saturated heterocycles. The third-order valence-electron chi connectivity index (χ3n) is 5.39. The first kappa shape index (κ1) is 32.5. The molecule has 14 heteroatoms. The number of rotatable bonds is 6. The van der Waals surface area contributed by atoms with E-state index in [-0.39, 0.29) is 17.8 Å². The third-order valence-corrected chi connectivity index (χ3v) is 5.39. The molecule has 1 amide bonds. The number of carbonyl (C=O) groups excluding carboxylic acids is 1. The number of halogens is 1. The van der Waals surface area contributed by atoms with Gasteiger partial charge in [0.25, 0.3) is 0 Å². The molecule has 0 aliphatic carbocycles. The second-order valence-electron chi connectivity index (χ2n) is 8.02. The van der Waals surface area contributed by atoms with Crippen molar-refractivity contribution in [1.82, 2.24) is 9.80 Å². The van der Waals surface area contributed by atoms with Crippen LogP contribution in [-0.2, 0) is 30.5 Å². The summed E-state index contributed by atoms with van der Waals surface area (Å²) in [5.74, 6) is -6.78. The fourth-order valence-corrected chi connectivity index (χ4v) is 3.29. The molecule has 0 bridgehead atoms. The fourth-order valence-electron chi connectivity index (χ4n) is 3.29. The number of carbonyl (C=O) groups is 5. The molecule has 1 heterocycles. The minimum Gasteiger partial charge on any atom is -0.497 e. The Balaban J connectivity index is 0.000000530. The number of amides is 1. The zero-order valence-corrected chi connectivity index (χ0v) is 21.2. The number of carboxylic acids is 4. The van der Waals surface area contributed by atoms with Crippen LogP contribution in [0, 0.1) is 5.82 Å². The standard InChI is InChI=1S/C21H26FN3O2.2C2H2O4/c1-16(21(26)23-18-7-5-8-19(14-18)27-2)25-12-10-24(11-13-25)15-17-6-3-4-9-20(17)22;2*3-1(4)2(5)6/h3-9,14,16H,10-13,15H2,1-2H3,(H,23,26);2*(H,3,4)(H,5,6). The Morgan fingerprint density at radius 1 is 0.872 bits per heavy atom. The molecule has 39 heavy (non-hydrogen) atoms. The first-order valence-corrected chi connectivity index (χ1v) is 11.4. The number of hydrogen-bond acceptors (Lipinski definition) is 8. The van der Waals surface area contributed by atoms with Gasteiger partial charge in [0.15, 0.2) is 0 Å². The normalized spacial score (nSPS) is 13.8. The first-order chi connectivity index (χ1) is 18.3. The van der Waals surface area contributed by atoms with E-state index in [1.165, 1.54) is 6.07 Å². The van der Waals surface area contributed by atoms with Crippen molar-refractivity contribution in [1.29, 1.82) is 0 Å². The van der Waals surface area contributed by atoms with Crippen LogP contribution in [0.1, 0.15) is 12.5 Å². The molecule has 212 valence electrons. The van der Waals surface area contributed by atoms with Crippen LogP contribution in [0.25, 0.3) is 0 Å². The first-order valence-electron chi connectivity index (χ1n) is 11.4. The summed E-state index contributed by atoms with van der Waals surface area (Å²) in [5, 5.41) is 32.5. The summed E-state index contributed by atoms with van der Waals surface area (Å²) in [6, 6.07) is 14.0. The Bertz CT molecular complexity index is 1100. The molecule has 5 N–H and O–H groups in total. The second-order valence-corrected chi connectivity index (χ2v) is 8.02. The predicted molar refractivity (Wildman–Crippen MR) is 135 cm³/mol. The lowest BCUT2D eigenvalue weighted by atomic mass is 10.1. The average molecular weight is 552 g/mol. The van der Waals surface area contributed by atoms with E-state index < -0.39 is 23.9 Å². The van der Waals surface area contributed by atoms with E-state index >= 15 is 0 Å². The molecular formula is C25H30FN3O10. The summed E-state index contributed by atoms with van der Waals surface area (Å²) in [6.45, 7) is 5.70. The molecule has 2 aromatic rings. The molecule has 1 aliphatic rings. The van der Waals surface area contributed by atoms with Gasteiger partial charge >= 0.3 is 23.9 Å². The van der Waals surface area contributed by atoms with Crippen LogP contribution in [0.5, 0.6) is 5.75 Å². The van der Waals surface area contributed by atoms with Crippen molar-refractivity contribution in [3.8, 4) is 5.75 Å². The molecule has 3 rings (SSSR count). The van der Waals surface area contributed by atoms with Crippen LogP contribution in [0.15, 0.2) is 48.5 Å². The number of nitrogens with zero attached hydrogens (tertiary/aromatic N) is 2. The summed E-state index contributed by atoms with van der Waals surface area (Å²) in [5.41, 5.74) is 1.44. The van der Waals surface area contributed by atoms with Crippen LogP contribution in [0.2, 0.25) is 0 Å². The maximum absolute atomic E-state index is 13.8. The number of methoxy groups -OCH3 is 1. The maximum Gasteiger partial charge on any atom is 0.414 e. The van der Waals surface area contributed by atoms with E-state index in [9.17, 15) is 9.18 Å². The maximum atomic E-state index is 13.8. The zero-order chi connectivity index (χ0) is 29.5. The second kappa shape index (κ2) is 16.3. The van der Waals surface area contributed by atoms with Crippen molar-refractivity contribution >= 4 is 35.5 Å². The monoisotopic (exact) mass is 551 g/mol. The molecule has 1 atom stereocenters. The lowest BCUT2D eigenvalue weighted by molar-refractivity contribution is -0.159. The number of piperazine rings is 1. The lowest BCUT2D eigenvalue weighted by Crippen LogP contribution is -2.52. The topological polar surface area (TPSA) is 194 Å². The summed E-state index contributed by atoms with van der Waals surface area (Å²) in [4.78, 5) is 53.4. The van der Waals surface area contributed by atoms with Crippen LogP contribution >= 0.6 is 0 Å². The van der Waals surface area contributed by atoms with Crippen LogP contribution in [0.3, 0.4) is 0 Å². The number of anilines is 1. The van der Waals surface area contributed by atoms with Crippen molar-refractivity contribution in [2.45, 2.75) is 19.5 Å². The van der Waals surface area contributed by atoms with Crippen molar-refractivity contribution in [2.75, 3.05) is 38.6 Å². The molecule has 0 spiro atoms. The Morgan fingerprint density at radius 3 is 1.90 bits per heavy atom. The van der Waals surface area contributed by atoms with Crippen LogP contribution < -0.4 is 10.1 Å². The number of hydrogen-bond donors (Lipinski definition) is 5. The SMILES string of the molecule is COc1cccc(NC(=O)C(C)N2CCN(Cc3ccccc3F)CC2)c1.O=C(O)C(=O)O.O=C(O)C(=O)O. The molecule has 1 aliphatic heterocycles. The van der Waals surface area contributed by atoms with Gasteiger partial charge in [-0.05, 0) is 25.1 Å². The van der Waals surface area contributed by atoms with Gasteiger partial charge in [-0.25, -0.2) is 23.6 Å². The average Bonchev–Trinajstić information content (AvgIpc) is 2.90. The van der Waals surface area contributed by atoms with Gasteiger partial charge in [-0.2, -0.15) is 0 Å². The lowest BCUT2D eigenvalue weighted by Gasteiger charge is -2.37. The van der Waals surface area contributed by atoms with Crippen molar-refractivity contribution in [3.05, 3.63) is 59.9 Å². The molecule has 13 nitrogen and oxygen atoms in total. The van der Waals surface area contributed by atoms with Gasteiger partial charge in [0.1, 0.15) is 11.6 Å². The largest absolute Gasteiger partial charge is 0.497 e. The Morgan fingerprint density at radius 2 is 1.41 bits per heavy atom. The van der Waals surface area contributed by atoms with E-state index in [2.05, 4.69) is 15.1 Å². The Hall–Kier alpha value is -4.56. The van der Waals surface area contributed by atoms with Crippen molar-refractivity contribution in [2.24, 2.45) is 0 Å². The molecule has 2 aromatic carbocycles. The van der Waals surface area contributed by atoms with E-state index in [0.29, 0.717) is 12.3 Å². The highest BCUT2D eigenvalue weighted by Crippen LogP contribution is 2.18. The number of carboxylic acid groups (broad SMARTS) is 4. The highest BCUT2D eigenvalue weighted by atomic mass is 19.1. The van der Waals surface area contributed by atoms with E-state index in [1.54, 1.807) is 19.2 Å². The van der Waals surface area contributed by atoms with Crippen LogP contribution in [0.4, 0.5) is 10.1 Å². The van der Waals surface area contributed by atoms with Gasteiger partial charge < -0.3 is 30.5 Å². The number of benzene rings is 2. The fraction of sp³-hybridized carbons (Fsp3) is 0.320. The number of nitrogens with one attached hydrogen (secondary N) is 1. The van der Waals surface area contributed by atoms with Crippen LogP contribution in [-0.4, -0.2) is 99.3 Å². The minimum absolute atomic E-state index is 0.0363. The highest BCUT2D eigenvalue weighted by Gasteiger charge is 2.26. The molecule has 0 radical (unpaired) electrons. The smallest absolute Gasteiger partial charge is 0.414 e. The Labute approximate surface area is 223 Å². The zero-order valence-electron chi connectivity index (χ0n) is 21.2. The van der Waals surface area contributed by atoms with Crippen molar-refractivity contribution in [3.63, 3.8) is 0 Å². The van der Waals surface area contributed by atoms with E-state index in [0.717, 1.165) is 37.4 Å². The molecule has 0 aromatic heterocycles. The summed E-state index contributed by atoms with van der Waals surface area (Å²) < 4.78 is 19.0. The molecule has 0 saturated carbocycles. The minimum atomic E-state index is -1.82. The number of ether oxygens (including phenoxy) is 1. The summed E-state index contributed by atoms with van der Waals surface area (Å²) >= 11 is 0. The summed E-state index contributed by atoms with van der Waals surface area (Å²) in [6.07, 6.45) is 0. The Kier molecular flexibility index (Phi) is 13.6. The van der Waals surface area contributed by atoms with Gasteiger partial charge in [0.2, 0.25) is 5.91 Å². The van der Waals surface area contributed by atoms with Gasteiger partial charge in [-0.3, -0.25) is 14.6 Å². The third kappa shape index (κ3) is 12.0. The van der Waals surface area contributed by atoms with Gasteiger partial charge in [-0.15, -0.1) is 0 Å². The number of aliphatic carboxylic acids is 4. The van der Waals surface area contributed by atoms with E-state index in [4.69, 9.17) is 44.3 Å². The van der Waals surface area contributed by atoms with Gasteiger partial charge in [0.05, 0.1) is 13.2 Å². The van der Waals surface area contributed by atoms with Gasteiger partial charge in [0, 0.05) is 50.0 Å². The molecular weight excluding hydrogens is 521 g/mol. The quantitative estimate of drug-likeness (QED) is 0.323. The molecule has 1 fully saturated rings. The molecule has 1 unspecified atom stereocenters. The van der Waals surface area contributed by atoms with Gasteiger partial charge in [-0.1, -0.05) is 24.3 Å².